The minimum Gasteiger partial charge on any atom is -0.459 e. The lowest BCUT2D eigenvalue weighted by Crippen LogP contribution is -2.40. The van der Waals surface area contributed by atoms with Crippen molar-refractivity contribution in [2.75, 3.05) is 18.1 Å². The maximum Gasteiger partial charge on any atom is 0.323 e. The third-order valence-corrected chi connectivity index (χ3v) is 3.17. The molecule has 96 valence electrons. The van der Waals surface area contributed by atoms with E-state index < -0.39 is 16.4 Å². The van der Waals surface area contributed by atoms with Crippen LogP contribution in [0.4, 0.5) is 0 Å². The SMILES string of the molecule is CCS(=O)CCNC(C)C(=O)OC(C)(C)C. The molecular weight excluding hydrogens is 226 g/mol. The normalized spacial score (nSPS) is 15.6. The van der Waals surface area contributed by atoms with Crippen LogP contribution in [-0.4, -0.2) is 39.9 Å². The Labute approximate surface area is 101 Å². The predicted octanol–water partition coefficient (Wildman–Crippen LogP) is 1.07. The lowest BCUT2D eigenvalue weighted by atomic mass is 10.2. The number of carbonyl (C=O) groups is 1. The molecule has 0 aliphatic heterocycles. The first-order chi connectivity index (χ1) is 7.26. The van der Waals surface area contributed by atoms with Crippen LogP contribution in [0.15, 0.2) is 0 Å². The second kappa shape index (κ2) is 7.01. The summed E-state index contributed by atoms with van der Waals surface area (Å²) in [5, 5.41) is 3.00. The van der Waals surface area contributed by atoms with Crippen LogP contribution in [0.25, 0.3) is 0 Å². The zero-order valence-electron chi connectivity index (χ0n) is 10.8. The zero-order chi connectivity index (χ0) is 12.8. The van der Waals surface area contributed by atoms with Gasteiger partial charge < -0.3 is 10.1 Å². The first-order valence-corrected chi connectivity index (χ1v) is 7.06. The van der Waals surface area contributed by atoms with E-state index in [1.54, 1.807) is 6.92 Å². The molecule has 2 unspecified atom stereocenters. The monoisotopic (exact) mass is 249 g/mol. The van der Waals surface area contributed by atoms with E-state index in [2.05, 4.69) is 5.32 Å². The van der Waals surface area contributed by atoms with Gasteiger partial charge in [-0.15, -0.1) is 0 Å². The van der Waals surface area contributed by atoms with Gasteiger partial charge >= 0.3 is 5.97 Å². The topological polar surface area (TPSA) is 55.4 Å². The molecule has 4 nitrogen and oxygen atoms in total. The van der Waals surface area contributed by atoms with Crippen molar-refractivity contribution in [2.45, 2.75) is 46.3 Å². The largest absolute Gasteiger partial charge is 0.459 e. The smallest absolute Gasteiger partial charge is 0.323 e. The van der Waals surface area contributed by atoms with E-state index in [0.717, 1.165) is 0 Å². The fourth-order valence-electron chi connectivity index (χ4n) is 1.01. The van der Waals surface area contributed by atoms with Crippen LogP contribution in [0.2, 0.25) is 0 Å². The van der Waals surface area contributed by atoms with Gasteiger partial charge in [0, 0.05) is 28.9 Å². The Balaban J connectivity index is 3.84. The van der Waals surface area contributed by atoms with Crippen LogP contribution in [0.1, 0.15) is 34.6 Å². The fourth-order valence-corrected chi connectivity index (χ4v) is 1.64. The summed E-state index contributed by atoms with van der Waals surface area (Å²) in [5.74, 6) is 0.960. The van der Waals surface area contributed by atoms with Crippen molar-refractivity contribution in [1.29, 1.82) is 0 Å². The van der Waals surface area contributed by atoms with Crippen LogP contribution < -0.4 is 5.32 Å². The van der Waals surface area contributed by atoms with E-state index in [4.69, 9.17) is 4.74 Å². The number of nitrogens with one attached hydrogen (secondary N) is 1. The van der Waals surface area contributed by atoms with Crippen molar-refractivity contribution in [1.82, 2.24) is 5.32 Å². The summed E-state index contributed by atoms with van der Waals surface area (Å²) in [6, 6.07) is -0.354. The van der Waals surface area contributed by atoms with Crippen LogP contribution in [0, 0.1) is 0 Å². The Hall–Kier alpha value is -0.420. The van der Waals surface area contributed by atoms with Gasteiger partial charge in [0.05, 0.1) is 0 Å². The van der Waals surface area contributed by atoms with Crippen LogP contribution in [0.5, 0.6) is 0 Å². The molecule has 0 bridgehead atoms. The maximum atomic E-state index is 11.5. The van der Waals surface area contributed by atoms with E-state index >= 15 is 0 Å². The molecule has 0 rings (SSSR count). The molecule has 0 aromatic carbocycles. The third kappa shape index (κ3) is 7.82. The summed E-state index contributed by atoms with van der Waals surface area (Å²) in [7, 11) is -0.790. The highest BCUT2D eigenvalue weighted by molar-refractivity contribution is 7.84. The molecule has 0 radical (unpaired) electrons. The Morgan fingerprint density at radius 3 is 2.44 bits per heavy atom. The van der Waals surface area contributed by atoms with Crippen LogP contribution >= 0.6 is 0 Å². The van der Waals surface area contributed by atoms with E-state index in [-0.39, 0.29) is 12.0 Å². The van der Waals surface area contributed by atoms with Crippen molar-refractivity contribution >= 4 is 16.8 Å². The van der Waals surface area contributed by atoms with Crippen LogP contribution in [0.3, 0.4) is 0 Å². The van der Waals surface area contributed by atoms with Crippen molar-refractivity contribution in [3.05, 3.63) is 0 Å². The highest BCUT2D eigenvalue weighted by atomic mass is 32.2. The second-order valence-electron chi connectivity index (χ2n) is 4.64. The number of hydrogen-bond donors (Lipinski definition) is 1. The summed E-state index contributed by atoms with van der Waals surface area (Å²) in [6.07, 6.45) is 0. The molecule has 0 spiro atoms. The predicted molar refractivity (Wildman–Crippen MR) is 66.9 cm³/mol. The minimum atomic E-state index is -0.790. The summed E-state index contributed by atoms with van der Waals surface area (Å²) >= 11 is 0. The zero-order valence-corrected chi connectivity index (χ0v) is 11.6. The molecule has 0 aromatic rings. The molecule has 0 fully saturated rings. The van der Waals surface area contributed by atoms with Crippen molar-refractivity contribution in [2.24, 2.45) is 0 Å². The second-order valence-corrected chi connectivity index (χ2v) is 6.51. The highest BCUT2D eigenvalue weighted by Gasteiger charge is 2.20. The third-order valence-electron chi connectivity index (χ3n) is 1.86. The molecule has 16 heavy (non-hydrogen) atoms. The maximum absolute atomic E-state index is 11.5. The van der Waals surface area contributed by atoms with Gasteiger partial charge in [0.25, 0.3) is 0 Å². The molecule has 0 aliphatic carbocycles. The van der Waals surface area contributed by atoms with E-state index in [0.29, 0.717) is 18.1 Å². The van der Waals surface area contributed by atoms with Gasteiger partial charge in [0.2, 0.25) is 0 Å². The van der Waals surface area contributed by atoms with Crippen molar-refractivity contribution < 1.29 is 13.7 Å². The van der Waals surface area contributed by atoms with E-state index in [1.165, 1.54) is 0 Å². The number of rotatable bonds is 6. The van der Waals surface area contributed by atoms with Crippen molar-refractivity contribution in [3.8, 4) is 0 Å². The lowest BCUT2D eigenvalue weighted by Gasteiger charge is -2.22. The molecule has 0 aliphatic rings. The Morgan fingerprint density at radius 2 is 2.00 bits per heavy atom. The molecule has 0 saturated heterocycles. The van der Waals surface area contributed by atoms with Gasteiger partial charge in [-0.2, -0.15) is 0 Å². The lowest BCUT2D eigenvalue weighted by molar-refractivity contribution is -0.156. The first kappa shape index (κ1) is 15.6. The quantitative estimate of drug-likeness (QED) is 0.716. The molecule has 1 N–H and O–H groups in total. The van der Waals surface area contributed by atoms with Gasteiger partial charge in [-0.05, 0) is 27.7 Å². The molecule has 0 aromatic heterocycles. The van der Waals surface area contributed by atoms with E-state index in [1.807, 2.05) is 27.7 Å². The van der Waals surface area contributed by atoms with Crippen LogP contribution in [-0.2, 0) is 20.3 Å². The summed E-state index contributed by atoms with van der Waals surface area (Å²) in [6.45, 7) is 9.72. The number of hydrogen-bond acceptors (Lipinski definition) is 4. The van der Waals surface area contributed by atoms with Gasteiger partial charge in [0.1, 0.15) is 11.6 Å². The van der Waals surface area contributed by atoms with Gasteiger partial charge in [-0.1, -0.05) is 6.92 Å². The van der Waals surface area contributed by atoms with Gasteiger partial charge in [-0.3, -0.25) is 9.00 Å². The van der Waals surface area contributed by atoms with Gasteiger partial charge in [0.15, 0.2) is 0 Å². The molecule has 2 atom stereocenters. The molecule has 0 heterocycles. The van der Waals surface area contributed by atoms with Gasteiger partial charge in [-0.25, -0.2) is 0 Å². The highest BCUT2D eigenvalue weighted by Crippen LogP contribution is 2.08. The average molecular weight is 249 g/mol. The average Bonchev–Trinajstić information content (AvgIpc) is 2.14. The van der Waals surface area contributed by atoms with E-state index in [9.17, 15) is 9.00 Å². The molecule has 0 amide bonds. The van der Waals surface area contributed by atoms with Crippen molar-refractivity contribution in [3.63, 3.8) is 0 Å². The molecule has 5 heteroatoms. The molecule has 0 saturated carbocycles. The Bertz CT molecular complexity index is 248. The first-order valence-electron chi connectivity index (χ1n) is 5.57. The summed E-state index contributed by atoms with van der Waals surface area (Å²) in [4.78, 5) is 11.5. The Kier molecular flexibility index (Phi) is 6.83. The number of ether oxygens (including phenoxy) is 1. The number of esters is 1. The summed E-state index contributed by atoms with van der Waals surface area (Å²) < 4.78 is 16.4. The Morgan fingerprint density at radius 1 is 1.44 bits per heavy atom. The minimum absolute atomic E-state index is 0.269. The number of carbonyl (C=O) groups excluding carboxylic acids is 1. The molecular formula is C11H23NO3S. The summed E-state index contributed by atoms with van der Waals surface area (Å²) in [5.41, 5.74) is -0.459. The standard InChI is InChI=1S/C11H23NO3S/c1-6-16(14)8-7-12-9(2)10(13)15-11(3,4)5/h9,12H,6-8H2,1-5H3. The fraction of sp³-hybridized carbons (Fsp3) is 0.909.